The van der Waals surface area contributed by atoms with Crippen LogP contribution in [-0.2, 0) is 4.79 Å². The predicted octanol–water partition coefficient (Wildman–Crippen LogP) is 2.90. The van der Waals surface area contributed by atoms with E-state index in [0.717, 1.165) is 10.7 Å². The van der Waals surface area contributed by atoms with E-state index in [1.54, 1.807) is 35.7 Å². The molecule has 0 radical (unpaired) electrons. The van der Waals surface area contributed by atoms with Crippen LogP contribution in [0.4, 0.5) is 5.69 Å². The third-order valence-electron chi connectivity index (χ3n) is 2.35. The highest BCUT2D eigenvalue weighted by atomic mass is 32.1. The summed E-state index contributed by atoms with van der Waals surface area (Å²) in [6, 6.07) is 3.49. The second-order valence-electron chi connectivity index (χ2n) is 3.90. The molecular weight excluding hydrogens is 274 g/mol. The van der Waals surface area contributed by atoms with Gasteiger partial charge in [0.25, 0.3) is 0 Å². The average Bonchev–Trinajstić information content (AvgIpc) is 2.85. The highest BCUT2D eigenvalue weighted by Gasteiger charge is 2.06. The first kappa shape index (κ1) is 14.2. The molecule has 0 atom stereocenters. The molecule has 0 spiro atoms. The maximum Gasteiger partial charge on any atom is 0.248 e. The van der Waals surface area contributed by atoms with E-state index >= 15 is 0 Å². The summed E-state index contributed by atoms with van der Waals surface area (Å²) in [6.07, 6.45) is 4.74. The molecule has 5 nitrogen and oxygen atoms in total. The largest absolute Gasteiger partial charge is 0.476 e. The van der Waals surface area contributed by atoms with Gasteiger partial charge in [-0.3, -0.25) is 4.79 Å². The van der Waals surface area contributed by atoms with Gasteiger partial charge in [0.2, 0.25) is 11.8 Å². The maximum absolute atomic E-state index is 11.8. The molecule has 0 aliphatic heterocycles. The van der Waals surface area contributed by atoms with Crippen LogP contribution in [0.15, 0.2) is 29.8 Å². The van der Waals surface area contributed by atoms with Gasteiger partial charge in [0.1, 0.15) is 5.69 Å². The van der Waals surface area contributed by atoms with Crippen molar-refractivity contribution in [2.45, 2.75) is 13.8 Å². The van der Waals surface area contributed by atoms with Gasteiger partial charge in [0.15, 0.2) is 0 Å². The molecule has 0 aliphatic rings. The Labute approximate surface area is 121 Å². The van der Waals surface area contributed by atoms with Crippen molar-refractivity contribution in [1.82, 2.24) is 9.97 Å². The first-order valence-electron chi connectivity index (χ1n) is 6.18. The second-order valence-corrected chi connectivity index (χ2v) is 4.97. The highest BCUT2D eigenvalue weighted by Crippen LogP contribution is 2.20. The molecule has 6 heteroatoms. The van der Waals surface area contributed by atoms with Crippen molar-refractivity contribution in [3.63, 3.8) is 0 Å². The van der Waals surface area contributed by atoms with Crippen LogP contribution >= 0.6 is 11.3 Å². The number of nitrogens with zero attached hydrogens (tertiary/aromatic N) is 2. The second kappa shape index (κ2) is 6.81. The summed E-state index contributed by atoms with van der Waals surface area (Å²) >= 11 is 1.55. The molecule has 104 valence electrons. The van der Waals surface area contributed by atoms with E-state index in [-0.39, 0.29) is 5.91 Å². The molecule has 1 amide bonds. The average molecular weight is 289 g/mol. The summed E-state index contributed by atoms with van der Waals surface area (Å²) < 4.78 is 5.34. The summed E-state index contributed by atoms with van der Waals surface area (Å²) in [5.41, 5.74) is 1.33. The zero-order valence-corrected chi connectivity index (χ0v) is 12.1. The molecule has 2 aromatic heterocycles. The van der Waals surface area contributed by atoms with Gasteiger partial charge in [0, 0.05) is 17.7 Å². The normalized spacial score (nSPS) is 10.7. The van der Waals surface area contributed by atoms with E-state index in [9.17, 15) is 4.79 Å². The summed E-state index contributed by atoms with van der Waals surface area (Å²) in [6.45, 7) is 4.28. The number of nitrogens with one attached hydrogen (secondary N) is 1. The van der Waals surface area contributed by atoms with Crippen LogP contribution in [0.1, 0.15) is 17.6 Å². The zero-order chi connectivity index (χ0) is 14.4. The molecule has 1 N–H and O–H groups in total. The quantitative estimate of drug-likeness (QED) is 0.860. The minimum Gasteiger partial charge on any atom is -0.476 e. The maximum atomic E-state index is 11.8. The standard InChI is InChI=1S/C14H15N3O2S/c1-3-19-14-12(5-4-8-15-14)17-13(18)7-6-11-9-20-10(2)16-11/h4-9H,3H2,1-2H3,(H,17,18)/b7-6+. The molecule has 20 heavy (non-hydrogen) atoms. The third-order valence-corrected chi connectivity index (χ3v) is 3.14. The molecule has 2 heterocycles. The van der Waals surface area contributed by atoms with Crippen molar-refractivity contribution in [3.8, 4) is 5.88 Å². The fraction of sp³-hybridized carbons (Fsp3) is 0.214. The monoisotopic (exact) mass is 289 g/mol. The lowest BCUT2D eigenvalue weighted by atomic mass is 10.3. The first-order chi connectivity index (χ1) is 9.69. The molecule has 2 aromatic rings. The first-order valence-corrected chi connectivity index (χ1v) is 7.06. The minimum absolute atomic E-state index is 0.246. The SMILES string of the molecule is CCOc1ncccc1NC(=O)/C=C/c1csc(C)n1. The Morgan fingerprint density at radius 2 is 2.40 bits per heavy atom. The number of rotatable bonds is 5. The molecule has 0 saturated heterocycles. The van der Waals surface area contributed by atoms with Crippen molar-refractivity contribution < 1.29 is 9.53 Å². The van der Waals surface area contributed by atoms with Crippen LogP contribution in [0.2, 0.25) is 0 Å². The van der Waals surface area contributed by atoms with E-state index in [1.165, 1.54) is 6.08 Å². The Bertz CT molecular complexity index is 622. The van der Waals surface area contributed by atoms with Gasteiger partial charge in [0.05, 0.1) is 17.3 Å². The van der Waals surface area contributed by atoms with Gasteiger partial charge in [-0.2, -0.15) is 0 Å². The predicted molar refractivity (Wildman–Crippen MR) is 79.9 cm³/mol. The van der Waals surface area contributed by atoms with Gasteiger partial charge < -0.3 is 10.1 Å². The van der Waals surface area contributed by atoms with Crippen molar-refractivity contribution in [2.75, 3.05) is 11.9 Å². The fourth-order valence-electron chi connectivity index (χ4n) is 1.53. The van der Waals surface area contributed by atoms with Crippen molar-refractivity contribution in [1.29, 1.82) is 0 Å². The molecule has 2 rings (SSSR count). The van der Waals surface area contributed by atoms with Gasteiger partial charge in [-0.25, -0.2) is 9.97 Å². The Balaban J connectivity index is 2.03. The van der Waals surface area contributed by atoms with Crippen LogP contribution in [0.3, 0.4) is 0 Å². The number of hydrogen-bond acceptors (Lipinski definition) is 5. The summed E-state index contributed by atoms with van der Waals surface area (Å²) in [5, 5.41) is 5.60. The smallest absolute Gasteiger partial charge is 0.248 e. The van der Waals surface area contributed by atoms with E-state index in [4.69, 9.17) is 4.74 Å². The lowest BCUT2D eigenvalue weighted by molar-refractivity contribution is -0.111. The number of ether oxygens (including phenoxy) is 1. The Morgan fingerprint density at radius 1 is 1.55 bits per heavy atom. The molecule has 0 aliphatic carbocycles. The molecule has 0 fully saturated rings. The number of carbonyl (C=O) groups excluding carboxylic acids is 1. The van der Waals surface area contributed by atoms with Crippen molar-refractivity contribution in [3.05, 3.63) is 40.5 Å². The van der Waals surface area contributed by atoms with Crippen molar-refractivity contribution >= 4 is 29.0 Å². The number of aryl methyl sites for hydroxylation is 1. The lowest BCUT2D eigenvalue weighted by Gasteiger charge is -2.08. The Morgan fingerprint density at radius 3 is 3.10 bits per heavy atom. The topological polar surface area (TPSA) is 64.1 Å². The number of pyridine rings is 1. The molecular formula is C14H15N3O2S. The van der Waals surface area contributed by atoms with Crippen LogP contribution in [-0.4, -0.2) is 22.5 Å². The third kappa shape index (κ3) is 3.89. The highest BCUT2D eigenvalue weighted by molar-refractivity contribution is 7.09. The summed E-state index contributed by atoms with van der Waals surface area (Å²) in [4.78, 5) is 20.2. The molecule has 0 saturated carbocycles. The van der Waals surface area contributed by atoms with Crippen molar-refractivity contribution in [2.24, 2.45) is 0 Å². The Hall–Kier alpha value is -2.21. The number of anilines is 1. The van der Waals surface area contributed by atoms with Gasteiger partial charge >= 0.3 is 0 Å². The number of amides is 1. The van der Waals surface area contributed by atoms with E-state index < -0.39 is 0 Å². The minimum atomic E-state index is -0.246. The van der Waals surface area contributed by atoms with E-state index in [2.05, 4.69) is 15.3 Å². The number of aromatic nitrogens is 2. The van der Waals surface area contributed by atoms with Gasteiger partial charge in [-0.05, 0) is 32.1 Å². The molecule has 0 unspecified atom stereocenters. The fourth-order valence-corrected chi connectivity index (χ4v) is 2.11. The molecule has 0 bridgehead atoms. The summed E-state index contributed by atoms with van der Waals surface area (Å²) in [5.74, 6) is 0.172. The number of thiazole rings is 1. The van der Waals surface area contributed by atoms with E-state index in [1.807, 2.05) is 19.2 Å². The van der Waals surface area contributed by atoms with Crippen LogP contribution in [0.5, 0.6) is 5.88 Å². The van der Waals surface area contributed by atoms with Crippen LogP contribution < -0.4 is 10.1 Å². The molecule has 0 aromatic carbocycles. The summed E-state index contributed by atoms with van der Waals surface area (Å²) in [7, 11) is 0. The van der Waals surface area contributed by atoms with Gasteiger partial charge in [-0.1, -0.05) is 0 Å². The van der Waals surface area contributed by atoms with E-state index in [0.29, 0.717) is 18.2 Å². The van der Waals surface area contributed by atoms with Gasteiger partial charge in [-0.15, -0.1) is 11.3 Å². The number of carbonyl (C=O) groups is 1. The van der Waals surface area contributed by atoms with Crippen LogP contribution in [0.25, 0.3) is 6.08 Å². The van der Waals surface area contributed by atoms with Crippen LogP contribution in [0, 0.1) is 6.92 Å². The zero-order valence-electron chi connectivity index (χ0n) is 11.3. The number of hydrogen-bond donors (Lipinski definition) is 1. The lowest BCUT2D eigenvalue weighted by Crippen LogP contribution is -2.10. The Kier molecular flexibility index (Phi) is 4.84.